The highest BCUT2D eigenvalue weighted by Gasteiger charge is 2.33. The average molecular weight is 294 g/mol. The first-order valence-electron chi connectivity index (χ1n) is 8.51. The summed E-state index contributed by atoms with van der Waals surface area (Å²) in [6.45, 7) is 0. The molecule has 22 heavy (non-hydrogen) atoms. The molecule has 1 nitrogen and oxygen atoms in total. The molecular formula is C21H26O. The average Bonchev–Trinajstić information content (AvgIpc) is 2.62. The number of benzene rings is 2. The summed E-state index contributed by atoms with van der Waals surface area (Å²) in [7, 11) is 1.74. The fourth-order valence-corrected chi connectivity index (χ4v) is 3.88. The molecule has 0 bridgehead atoms. The van der Waals surface area contributed by atoms with Crippen molar-refractivity contribution >= 4 is 0 Å². The van der Waals surface area contributed by atoms with E-state index in [9.17, 15) is 0 Å². The topological polar surface area (TPSA) is 9.23 Å². The van der Waals surface area contributed by atoms with Crippen LogP contribution in [0.3, 0.4) is 0 Å². The molecule has 2 aromatic rings. The van der Waals surface area contributed by atoms with Crippen LogP contribution in [-0.2, 0) is 11.8 Å². The van der Waals surface area contributed by atoms with Crippen molar-refractivity contribution in [2.45, 2.75) is 50.4 Å². The van der Waals surface area contributed by atoms with Gasteiger partial charge in [0.05, 0.1) is 7.11 Å². The Labute approximate surface area is 134 Å². The molecule has 0 atom stereocenters. The van der Waals surface area contributed by atoms with Crippen LogP contribution in [0.1, 0.15) is 49.7 Å². The normalized spacial score (nSPS) is 17.1. The Kier molecular flexibility index (Phi) is 4.82. The van der Waals surface area contributed by atoms with Gasteiger partial charge in [-0.15, -0.1) is 0 Å². The van der Waals surface area contributed by atoms with Crippen LogP contribution in [0.2, 0.25) is 0 Å². The maximum atomic E-state index is 5.32. The lowest BCUT2D eigenvalue weighted by Gasteiger charge is -2.38. The predicted molar refractivity (Wildman–Crippen MR) is 92.5 cm³/mol. The van der Waals surface area contributed by atoms with Crippen LogP contribution >= 0.6 is 0 Å². The van der Waals surface area contributed by atoms with Gasteiger partial charge in [0.25, 0.3) is 0 Å². The molecule has 0 saturated heterocycles. The Bertz CT molecular complexity index is 565. The van der Waals surface area contributed by atoms with Crippen molar-refractivity contribution in [2.75, 3.05) is 7.11 Å². The fourth-order valence-electron chi connectivity index (χ4n) is 3.88. The minimum atomic E-state index is 0.361. The maximum Gasteiger partial charge on any atom is 0.118 e. The van der Waals surface area contributed by atoms with E-state index in [1.54, 1.807) is 7.11 Å². The van der Waals surface area contributed by atoms with Crippen LogP contribution < -0.4 is 4.74 Å². The molecule has 3 rings (SSSR count). The van der Waals surface area contributed by atoms with Gasteiger partial charge in [0, 0.05) is 0 Å². The zero-order valence-corrected chi connectivity index (χ0v) is 13.6. The molecule has 0 amide bonds. The lowest BCUT2D eigenvalue weighted by atomic mass is 9.66. The molecule has 1 fully saturated rings. The minimum Gasteiger partial charge on any atom is -0.497 e. The molecule has 0 radical (unpaired) electrons. The molecule has 0 aliphatic heterocycles. The first-order chi connectivity index (χ1) is 10.8. The van der Waals surface area contributed by atoms with Crippen molar-refractivity contribution in [3.8, 4) is 5.75 Å². The molecule has 0 spiro atoms. The first-order valence-corrected chi connectivity index (χ1v) is 8.51. The van der Waals surface area contributed by atoms with Crippen LogP contribution in [-0.4, -0.2) is 7.11 Å². The standard InChI is InChI=1S/C21H26O/c1-22-20-12-10-19(11-13-20)21(15-6-3-7-16-21)17-14-18-8-4-2-5-9-18/h2,4-5,8-13H,3,6-7,14-17H2,1H3. The van der Waals surface area contributed by atoms with E-state index < -0.39 is 0 Å². The second kappa shape index (κ2) is 7.00. The number of rotatable bonds is 5. The van der Waals surface area contributed by atoms with Gasteiger partial charge >= 0.3 is 0 Å². The smallest absolute Gasteiger partial charge is 0.118 e. The van der Waals surface area contributed by atoms with Crippen LogP contribution in [0.4, 0.5) is 0 Å². The van der Waals surface area contributed by atoms with Crippen molar-refractivity contribution in [1.82, 2.24) is 0 Å². The molecule has 1 saturated carbocycles. The third kappa shape index (κ3) is 3.35. The minimum absolute atomic E-state index is 0.361. The Hall–Kier alpha value is -1.76. The van der Waals surface area contributed by atoms with Gasteiger partial charge in [-0.3, -0.25) is 0 Å². The van der Waals surface area contributed by atoms with E-state index in [0.29, 0.717) is 5.41 Å². The van der Waals surface area contributed by atoms with E-state index in [1.165, 1.54) is 56.1 Å². The summed E-state index contributed by atoms with van der Waals surface area (Å²) in [5.74, 6) is 0.956. The maximum absolute atomic E-state index is 5.32. The van der Waals surface area contributed by atoms with Crippen molar-refractivity contribution < 1.29 is 4.74 Å². The lowest BCUT2D eigenvalue weighted by Crippen LogP contribution is -2.29. The highest BCUT2D eigenvalue weighted by Crippen LogP contribution is 2.43. The molecule has 116 valence electrons. The van der Waals surface area contributed by atoms with E-state index in [0.717, 1.165) is 5.75 Å². The summed E-state index contributed by atoms with van der Waals surface area (Å²) in [5, 5.41) is 0. The van der Waals surface area contributed by atoms with Crippen LogP contribution in [0.15, 0.2) is 54.6 Å². The fraction of sp³-hybridized carbons (Fsp3) is 0.429. The van der Waals surface area contributed by atoms with Gasteiger partial charge in [-0.1, -0.05) is 61.7 Å². The predicted octanol–water partition coefficient (Wildman–Crippen LogP) is 5.53. The Morgan fingerprint density at radius 1 is 0.864 bits per heavy atom. The van der Waals surface area contributed by atoms with Gasteiger partial charge in [0.15, 0.2) is 0 Å². The summed E-state index contributed by atoms with van der Waals surface area (Å²) in [4.78, 5) is 0. The van der Waals surface area contributed by atoms with Crippen molar-refractivity contribution in [1.29, 1.82) is 0 Å². The van der Waals surface area contributed by atoms with E-state index >= 15 is 0 Å². The number of aryl methyl sites for hydroxylation is 1. The molecule has 1 aliphatic rings. The third-order valence-corrected chi connectivity index (χ3v) is 5.25. The highest BCUT2D eigenvalue weighted by atomic mass is 16.5. The van der Waals surface area contributed by atoms with Crippen LogP contribution in [0, 0.1) is 0 Å². The van der Waals surface area contributed by atoms with Gasteiger partial charge in [0.1, 0.15) is 5.75 Å². The molecule has 0 aromatic heterocycles. The SMILES string of the molecule is COc1ccc(C2(CCc3ccccc3)CCCCC2)cc1. The van der Waals surface area contributed by atoms with E-state index in [-0.39, 0.29) is 0 Å². The summed E-state index contributed by atoms with van der Waals surface area (Å²) in [6.07, 6.45) is 9.19. The molecule has 1 aliphatic carbocycles. The number of ether oxygens (including phenoxy) is 1. The van der Waals surface area contributed by atoms with Gasteiger partial charge < -0.3 is 4.74 Å². The van der Waals surface area contributed by atoms with E-state index in [4.69, 9.17) is 4.74 Å². The van der Waals surface area contributed by atoms with Gasteiger partial charge in [-0.2, -0.15) is 0 Å². The van der Waals surface area contributed by atoms with Crippen LogP contribution in [0.25, 0.3) is 0 Å². The Morgan fingerprint density at radius 3 is 2.18 bits per heavy atom. The monoisotopic (exact) mass is 294 g/mol. The van der Waals surface area contributed by atoms with E-state index in [2.05, 4.69) is 54.6 Å². The summed E-state index contributed by atoms with van der Waals surface area (Å²) >= 11 is 0. The quantitative estimate of drug-likeness (QED) is 0.704. The summed E-state index contributed by atoms with van der Waals surface area (Å²) in [5.41, 5.74) is 3.32. The second-order valence-electron chi connectivity index (χ2n) is 6.56. The molecule has 0 N–H and O–H groups in total. The van der Waals surface area contributed by atoms with Gasteiger partial charge in [0.2, 0.25) is 0 Å². The van der Waals surface area contributed by atoms with Gasteiger partial charge in [-0.25, -0.2) is 0 Å². The zero-order valence-electron chi connectivity index (χ0n) is 13.6. The highest BCUT2D eigenvalue weighted by molar-refractivity contribution is 5.33. The first kappa shape index (κ1) is 15.1. The third-order valence-electron chi connectivity index (χ3n) is 5.25. The summed E-state index contributed by atoms with van der Waals surface area (Å²) < 4.78 is 5.32. The number of hydrogen-bond donors (Lipinski definition) is 0. The van der Waals surface area contributed by atoms with Crippen molar-refractivity contribution in [2.24, 2.45) is 0 Å². The van der Waals surface area contributed by atoms with Crippen LogP contribution in [0.5, 0.6) is 5.75 Å². The van der Waals surface area contributed by atoms with E-state index in [1.807, 2.05) is 0 Å². The van der Waals surface area contributed by atoms with Crippen molar-refractivity contribution in [3.63, 3.8) is 0 Å². The Morgan fingerprint density at radius 2 is 1.55 bits per heavy atom. The molecule has 1 heteroatoms. The van der Waals surface area contributed by atoms with Gasteiger partial charge in [-0.05, 0) is 54.4 Å². The number of methoxy groups -OCH3 is 1. The molecule has 2 aromatic carbocycles. The second-order valence-corrected chi connectivity index (χ2v) is 6.56. The molecular weight excluding hydrogens is 268 g/mol. The van der Waals surface area contributed by atoms with Crippen molar-refractivity contribution in [3.05, 3.63) is 65.7 Å². The Balaban J connectivity index is 1.80. The molecule has 0 unspecified atom stereocenters. The summed E-state index contributed by atoms with van der Waals surface area (Å²) in [6, 6.07) is 19.7. The largest absolute Gasteiger partial charge is 0.497 e. The zero-order chi connectivity index (χ0) is 15.3. The number of hydrogen-bond acceptors (Lipinski definition) is 1. The molecule has 0 heterocycles. The lowest BCUT2D eigenvalue weighted by molar-refractivity contribution is 0.273.